The van der Waals surface area contributed by atoms with Crippen LogP contribution in [-0.4, -0.2) is 24.6 Å². The second-order valence-corrected chi connectivity index (χ2v) is 9.28. The topological polar surface area (TPSA) is 27.7 Å². The van der Waals surface area contributed by atoms with Gasteiger partial charge in [0.25, 0.3) is 5.92 Å². The number of benzene rings is 2. The summed E-state index contributed by atoms with van der Waals surface area (Å²) in [5, 5.41) is 0. The zero-order chi connectivity index (χ0) is 26.3. The molecule has 2 atom stereocenters. The predicted octanol–water partition coefficient (Wildman–Crippen LogP) is 7.69. The fraction of sp³-hybridized carbons (Fsp3) is 0.462. The van der Waals surface area contributed by atoms with Crippen LogP contribution in [-0.2, 0) is 17.3 Å². The Kier molecular flexibility index (Phi) is 9.63. The van der Waals surface area contributed by atoms with Crippen molar-refractivity contribution in [2.75, 3.05) is 13.2 Å². The molecule has 0 saturated carbocycles. The molecule has 3 nitrogen and oxygen atoms in total. The number of aryl methyl sites for hydroxylation is 1. The van der Waals surface area contributed by atoms with Crippen LogP contribution in [0.2, 0.25) is 0 Å². The van der Waals surface area contributed by atoms with E-state index in [9.17, 15) is 26.3 Å². The first-order valence-electron chi connectivity index (χ1n) is 11.6. The van der Waals surface area contributed by atoms with Crippen molar-refractivity contribution in [2.45, 2.75) is 56.5 Å². The van der Waals surface area contributed by atoms with Crippen LogP contribution in [0.1, 0.15) is 43.7 Å². The molecule has 3 rings (SSSR count). The summed E-state index contributed by atoms with van der Waals surface area (Å²) in [7, 11) is 0. The van der Waals surface area contributed by atoms with E-state index in [2.05, 4.69) is 17.4 Å². The van der Waals surface area contributed by atoms with Gasteiger partial charge in [-0.3, -0.25) is 0 Å². The Morgan fingerprint density at radius 2 is 1.83 bits per heavy atom. The maximum atomic E-state index is 14.6. The monoisotopic (exact) mass is 534 g/mol. The maximum Gasteiger partial charge on any atom is 0.426 e. The van der Waals surface area contributed by atoms with Gasteiger partial charge in [0.1, 0.15) is 11.6 Å². The van der Waals surface area contributed by atoms with Gasteiger partial charge in [-0.2, -0.15) is 8.78 Å². The molecule has 10 heteroatoms. The molecule has 0 aromatic heterocycles. The third-order valence-corrected chi connectivity index (χ3v) is 6.13. The Hall–Kier alpha value is -2.33. The fourth-order valence-corrected chi connectivity index (χ4v) is 4.06. The van der Waals surface area contributed by atoms with Crippen molar-refractivity contribution in [3.63, 3.8) is 0 Å². The summed E-state index contributed by atoms with van der Waals surface area (Å²) in [5.74, 6) is -6.64. The highest BCUT2D eigenvalue weighted by atomic mass is 32.1. The number of rotatable bonds is 11. The highest BCUT2D eigenvalue weighted by molar-refractivity contribution is 7.80. The van der Waals surface area contributed by atoms with Gasteiger partial charge in [-0.05, 0) is 68.4 Å². The Balaban J connectivity index is 1.60. The first-order chi connectivity index (χ1) is 17.0. The summed E-state index contributed by atoms with van der Waals surface area (Å²) < 4.78 is 101. The first-order valence-corrected chi connectivity index (χ1v) is 12.1. The lowest BCUT2D eigenvalue weighted by atomic mass is 9.95. The minimum atomic E-state index is -4.01. The number of allylic oxidation sites excluding steroid dienone is 2. The van der Waals surface area contributed by atoms with Gasteiger partial charge >= 0.3 is 6.11 Å². The fourth-order valence-electron chi connectivity index (χ4n) is 3.82. The Morgan fingerprint density at radius 1 is 1.06 bits per heavy atom. The van der Waals surface area contributed by atoms with Gasteiger partial charge in [0.05, 0.1) is 17.6 Å². The summed E-state index contributed by atoms with van der Waals surface area (Å²) in [6.45, 7) is 0.861. The summed E-state index contributed by atoms with van der Waals surface area (Å²) in [4.78, 5) is 0. The van der Waals surface area contributed by atoms with E-state index in [1.165, 1.54) is 12.1 Å². The minimum absolute atomic E-state index is 0.144. The van der Waals surface area contributed by atoms with Crippen molar-refractivity contribution in [2.24, 2.45) is 5.92 Å². The van der Waals surface area contributed by atoms with Crippen LogP contribution in [0.3, 0.4) is 0 Å². The molecule has 0 aliphatic carbocycles. The van der Waals surface area contributed by atoms with E-state index in [1.54, 1.807) is 0 Å². The van der Waals surface area contributed by atoms with Gasteiger partial charge < -0.3 is 14.2 Å². The van der Waals surface area contributed by atoms with Crippen molar-refractivity contribution in [1.82, 2.24) is 0 Å². The molecule has 0 bridgehead atoms. The highest BCUT2D eigenvalue weighted by Crippen LogP contribution is 2.35. The van der Waals surface area contributed by atoms with Gasteiger partial charge in [-0.15, -0.1) is 12.6 Å². The van der Waals surface area contributed by atoms with Gasteiger partial charge in [0.15, 0.2) is 18.2 Å². The zero-order valence-corrected chi connectivity index (χ0v) is 20.6. The molecule has 2 unspecified atom stereocenters. The second kappa shape index (κ2) is 12.3. The van der Waals surface area contributed by atoms with Crippen molar-refractivity contribution >= 4 is 12.6 Å². The van der Waals surface area contributed by atoms with Gasteiger partial charge in [0, 0.05) is 12.5 Å². The zero-order valence-electron chi connectivity index (χ0n) is 19.7. The Morgan fingerprint density at radius 3 is 2.47 bits per heavy atom. The number of alkyl halides is 4. The van der Waals surface area contributed by atoms with E-state index in [1.807, 2.05) is 19.1 Å². The summed E-state index contributed by atoms with van der Waals surface area (Å²) in [6, 6.07) is 5.46. The number of hydrogen-bond donors (Lipinski definition) is 1. The number of ether oxygens (including phenoxy) is 3. The lowest BCUT2D eigenvalue weighted by molar-refractivity contribution is -0.185. The van der Waals surface area contributed by atoms with Crippen molar-refractivity contribution < 1.29 is 40.6 Å². The van der Waals surface area contributed by atoms with Crippen LogP contribution in [0.4, 0.5) is 26.3 Å². The molecular formula is C26H28F6O3S. The maximum absolute atomic E-state index is 14.6. The average Bonchev–Trinajstić information content (AvgIpc) is 2.81. The van der Waals surface area contributed by atoms with Gasteiger partial charge in [-0.25, -0.2) is 17.6 Å². The van der Waals surface area contributed by atoms with Crippen LogP contribution in [0.25, 0.3) is 0 Å². The lowest BCUT2D eigenvalue weighted by Crippen LogP contribution is -2.33. The van der Waals surface area contributed by atoms with Crippen molar-refractivity contribution in [1.29, 1.82) is 0 Å². The molecule has 36 heavy (non-hydrogen) atoms. The molecule has 2 aromatic carbocycles. The smallest absolute Gasteiger partial charge is 0.426 e. The largest absolute Gasteiger partial charge is 0.484 e. The minimum Gasteiger partial charge on any atom is -0.484 e. The highest BCUT2D eigenvalue weighted by Gasteiger charge is 2.37. The molecule has 0 N–H and O–H groups in total. The van der Waals surface area contributed by atoms with Crippen molar-refractivity contribution in [3.05, 3.63) is 71.3 Å². The number of thiol groups is 1. The van der Waals surface area contributed by atoms with Crippen molar-refractivity contribution in [3.8, 4) is 11.5 Å². The third kappa shape index (κ3) is 8.09. The SMILES string of the molecule is C/C=C/CCc1ccc(OC(F)(F)c2ccc(OCC(F)(F)CC3CCC(S)OC3)c(F)c2)cc1F. The molecule has 1 heterocycles. The quantitative estimate of drug-likeness (QED) is 0.182. The van der Waals surface area contributed by atoms with E-state index in [0.717, 1.165) is 18.2 Å². The number of halogens is 6. The second-order valence-electron chi connectivity index (χ2n) is 8.71. The lowest BCUT2D eigenvalue weighted by Gasteiger charge is -2.29. The molecule has 1 aliphatic rings. The van der Waals surface area contributed by atoms with Crippen LogP contribution < -0.4 is 9.47 Å². The van der Waals surface area contributed by atoms with Crippen LogP contribution >= 0.6 is 12.6 Å². The molecule has 0 radical (unpaired) electrons. The van der Waals surface area contributed by atoms with E-state index in [-0.39, 0.29) is 18.0 Å². The Labute approximate surface area is 211 Å². The van der Waals surface area contributed by atoms with Gasteiger partial charge in [-0.1, -0.05) is 18.2 Å². The predicted molar refractivity (Wildman–Crippen MR) is 127 cm³/mol. The van der Waals surface area contributed by atoms with Crippen LogP contribution in [0.15, 0.2) is 48.6 Å². The van der Waals surface area contributed by atoms with Gasteiger partial charge in [0.2, 0.25) is 0 Å². The number of hydrogen-bond acceptors (Lipinski definition) is 4. The van der Waals surface area contributed by atoms with Crippen LogP contribution in [0, 0.1) is 17.6 Å². The molecule has 1 fully saturated rings. The average molecular weight is 535 g/mol. The standard InChI is InChI=1S/C26H28F6O3S/c1-2-3-4-5-18-7-9-20(13-21(18)27)35-26(31,32)19-8-10-23(22(28)12-19)34-16-25(29,30)14-17-6-11-24(36)33-15-17/h2-3,7-10,12-13,17,24,36H,4-6,11,14-16H2,1H3/b3-2+. The molecular weight excluding hydrogens is 506 g/mol. The molecule has 1 saturated heterocycles. The normalized spacial score (nSPS) is 19.0. The summed E-state index contributed by atoms with van der Waals surface area (Å²) in [5.41, 5.74) is -0.806. The van der Waals surface area contributed by atoms with E-state index >= 15 is 0 Å². The summed E-state index contributed by atoms with van der Waals surface area (Å²) in [6.07, 6.45) is 1.21. The van der Waals surface area contributed by atoms with Crippen LogP contribution in [0.5, 0.6) is 11.5 Å². The van der Waals surface area contributed by atoms with E-state index in [0.29, 0.717) is 37.3 Å². The van der Waals surface area contributed by atoms with E-state index in [4.69, 9.17) is 9.47 Å². The molecule has 0 spiro atoms. The molecule has 0 amide bonds. The molecule has 2 aromatic rings. The molecule has 1 aliphatic heterocycles. The Bertz CT molecular complexity index is 1040. The van der Waals surface area contributed by atoms with E-state index < -0.39 is 53.8 Å². The summed E-state index contributed by atoms with van der Waals surface area (Å²) >= 11 is 4.14. The first kappa shape index (κ1) is 28.2. The molecule has 198 valence electrons. The third-order valence-electron chi connectivity index (χ3n) is 5.73.